The first-order valence-electron chi connectivity index (χ1n) is 5.96. The molecule has 106 valence electrons. The van der Waals surface area contributed by atoms with Crippen LogP contribution in [0.3, 0.4) is 0 Å². The Morgan fingerprint density at radius 2 is 1.60 bits per heavy atom. The molecule has 0 saturated carbocycles. The van der Waals surface area contributed by atoms with Gasteiger partial charge < -0.3 is 15.2 Å². The fourth-order valence-corrected chi connectivity index (χ4v) is 1.99. The van der Waals surface area contributed by atoms with E-state index in [0.717, 1.165) is 5.56 Å². The van der Waals surface area contributed by atoms with Crippen LogP contribution < -0.4 is 15.2 Å². The molecule has 5 heteroatoms. The highest BCUT2D eigenvalue weighted by molar-refractivity contribution is 5.71. The molecular weight excluding hydrogens is 264 g/mol. The molecule has 0 aliphatic heterocycles. The Hall–Kier alpha value is -2.30. The second-order valence-electron chi connectivity index (χ2n) is 4.26. The van der Waals surface area contributed by atoms with E-state index in [0.29, 0.717) is 22.7 Å². The fourth-order valence-electron chi connectivity index (χ4n) is 1.99. The van der Waals surface area contributed by atoms with E-state index >= 15 is 0 Å². The number of benzene rings is 2. The number of alkyl halides is 2. The number of hydrogen-bond acceptors (Lipinski definition) is 3. The lowest BCUT2D eigenvalue weighted by Crippen LogP contribution is -1.93. The van der Waals surface area contributed by atoms with Crippen LogP contribution in [0, 0.1) is 0 Å². The lowest BCUT2D eigenvalue weighted by molar-refractivity contribution is 0.151. The van der Waals surface area contributed by atoms with Crippen LogP contribution >= 0.6 is 0 Å². The average Bonchev–Trinajstić information content (AvgIpc) is 2.45. The third-order valence-corrected chi connectivity index (χ3v) is 2.95. The van der Waals surface area contributed by atoms with E-state index in [1.54, 1.807) is 24.3 Å². The van der Waals surface area contributed by atoms with Gasteiger partial charge in [-0.05, 0) is 41.5 Å². The highest BCUT2D eigenvalue weighted by Gasteiger charge is 2.11. The van der Waals surface area contributed by atoms with E-state index in [-0.39, 0.29) is 5.56 Å². The third-order valence-electron chi connectivity index (χ3n) is 2.95. The van der Waals surface area contributed by atoms with Crippen LogP contribution in [-0.4, -0.2) is 14.2 Å². The average molecular weight is 279 g/mol. The van der Waals surface area contributed by atoms with Gasteiger partial charge in [-0.3, -0.25) is 0 Å². The minimum Gasteiger partial charge on any atom is -0.493 e. The lowest BCUT2D eigenvalue weighted by Gasteiger charge is -2.11. The number of methoxy groups -OCH3 is 2. The van der Waals surface area contributed by atoms with Crippen LogP contribution in [0.15, 0.2) is 36.4 Å². The van der Waals surface area contributed by atoms with E-state index in [4.69, 9.17) is 15.2 Å². The predicted octanol–water partition coefficient (Wildman–Crippen LogP) is 3.89. The summed E-state index contributed by atoms with van der Waals surface area (Å²) in [5.41, 5.74) is 7.21. The van der Waals surface area contributed by atoms with Crippen LogP contribution in [0.5, 0.6) is 11.5 Å². The van der Waals surface area contributed by atoms with Crippen LogP contribution in [0.4, 0.5) is 14.5 Å². The Labute approximate surface area is 115 Å². The zero-order chi connectivity index (χ0) is 14.7. The molecule has 2 N–H and O–H groups in total. The molecule has 0 bridgehead atoms. The Morgan fingerprint density at radius 3 is 2.20 bits per heavy atom. The first kappa shape index (κ1) is 14.1. The summed E-state index contributed by atoms with van der Waals surface area (Å²) < 4.78 is 36.0. The highest BCUT2D eigenvalue weighted by Crippen LogP contribution is 2.34. The minimum absolute atomic E-state index is 0.102. The standard InChI is InChI=1S/C15H15F2NO2/c1-19-13-4-3-9(8-14(13)20-2)10-5-11(15(16)17)7-12(18)6-10/h3-8,15H,18H2,1-2H3. The second kappa shape index (κ2) is 5.77. The van der Waals surface area contributed by atoms with E-state index in [9.17, 15) is 8.78 Å². The smallest absolute Gasteiger partial charge is 0.263 e. The Balaban J connectivity index is 2.51. The Kier molecular flexibility index (Phi) is 4.08. The minimum atomic E-state index is -2.56. The Morgan fingerprint density at radius 1 is 0.900 bits per heavy atom. The number of anilines is 1. The highest BCUT2D eigenvalue weighted by atomic mass is 19.3. The maximum atomic E-state index is 12.8. The molecule has 0 aliphatic rings. The summed E-state index contributed by atoms with van der Waals surface area (Å²) in [4.78, 5) is 0. The SMILES string of the molecule is COc1ccc(-c2cc(N)cc(C(F)F)c2)cc1OC. The van der Waals surface area contributed by atoms with E-state index in [2.05, 4.69) is 0 Å². The van der Waals surface area contributed by atoms with Gasteiger partial charge in [0.1, 0.15) is 0 Å². The zero-order valence-electron chi connectivity index (χ0n) is 11.2. The van der Waals surface area contributed by atoms with Gasteiger partial charge in [0.2, 0.25) is 0 Å². The summed E-state index contributed by atoms with van der Waals surface area (Å²) in [5.74, 6) is 1.11. The molecule has 0 radical (unpaired) electrons. The van der Waals surface area contributed by atoms with E-state index < -0.39 is 6.43 Å². The lowest BCUT2D eigenvalue weighted by atomic mass is 10.0. The molecule has 0 unspecified atom stereocenters. The molecule has 0 spiro atoms. The quantitative estimate of drug-likeness (QED) is 0.863. The summed E-state index contributed by atoms with van der Waals surface area (Å²) >= 11 is 0. The molecule has 0 aromatic heterocycles. The molecule has 2 aromatic rings. The van der Waals surface area contributed by atoms with Crippen LogP contribution in [0.25, 0.3) is 11.1 Å². The van der Waals surface area contributed by atoms with Crippen molar-refractivity contribution in [3.63, 3.8) is 0 Å². The van der Waals surface area contributed by atoms with E-state index in [1.807, 2.05) is 0 Å². The van der Waals surface area contributed by atoms with Crippen molar-refractivity contribution in [3.05, 3.63) is 42.0 Å². The molecular formula is C15H15F2NO2. The molecule has 3 nitrogen and oxygen atoms in total. The number of halogens is 2. The molecule has 0 amide bonds. The maximum Gasteiger partial charge on any atom is 0.263 e. The van der Waals surface area contributed by atoms with Gasteiger partial charge >= 0.3 is 0 Å². The van der Waals surface area contributed by atoms with Crippen molar-refractivity contribution in [2.24, 2.45) is 0 Å². The predicted molar refractivity (Wildman–Crippen MR) is 74.4 cm³/mol. The van der Waals surface area contributed by atoms with Gasteiger partial charge in [0.25, 0.3) is 6.43 Å². The van der Waals surface area contributed by atoms with Crippen molar-refractivity contribution in [2.75, 3.05) is 20.0 Å². The summed E-state index contributed by atoms with van der Waals surface area (Å²) in [6.45, 7) is 0. The number of ether oxygens (including phenoxy) is 2. The molecule has 0 saturated heterocycles. The number of nitrogen functional groups attached to an aromatic ring is 1. The van der Waals surface area contributed by atoms with Crippen LogP contribution in [-0.2, 0) is 0 Å². The van der Waals surface area contributed by atoms with Crippen molar-refractivity contribution in [3.8, 4) is 22.6 Å². The molecule has 0 atom stereocenters. The molecule has 0 aliphatic carbocycles. The first-order chi connectivity index (χ1) is 9.55. The van der Waals surface area contributed by atoms with Crippen LogP contribution in [0.1, 0.15) is 12.0 Å². The maximum absolute atomic E-state index is 12.8. The monoisotopic (exact) mass is 279 g/mol. The largest absolute Gasteiger partial charge is 0.493 e. The molecule has 0 heterocycles. The number of rotatable bonds is 4. The van der Waals surface area contributed by atoms with Gasteiger partial charge in [-0.25, -0.2) is 8.78 Å². The number of nitrogens with two attached hydrogens (primary N) is 1. The Bertz CT molecular complexity index is 615. The summed E-state index contributed by atoms with van der Waals surface area (Å²) in [6, 6.07) is 9.55. The van der Waals surface area contributed by atoms with Crippen molar-refractivity contribution in [1.82, 2.24) is 0 Å². The fraction of sp³-hybridized carbons (Fsp3) is 0.200. The van der Waals surface area contributed by atoms with Crippen molar-refractivity contribution in [2.45, 2.75) is 6.43 Å². The topological polar surface area (TPSA) is 44.5 Å². The molecule has 2 aromatic carbocycles. The second-order valence-corrected chi connectivity index (χ2v) is 4.26. The van der Waals surface area contributed by atoms with Crippen molar-refractivity contribution >= 4 is 5.69 Å². The van der Waals surface area contributed by atoms with Gasteiger partial charge in [0.15, 0.2) is 11.5 Å². The molecule has 20 heavy (non-hydrogen) atoms. The van der Waals surface area contributed by atoms with Gasteiger partial charge in [-0.15, -0.1) is 0 Å². The molecule has 2 rings (SSSR count). The van der Waals surface area contributed by atoms with Gasteiger partial charge in [0, 0.05) is 11.3 Å². The zero-order valence-corrected chi connectivity index (χ0v) is 11.2. The summed E-state index contributed by atoms with van der Waals surface area (Å²) in [6.07, 6.45) is -2.56. The van der Waals surface area contributed by atoms with Crippen molar-refractivity contribution < 1.29 is 18.3 Å². The summed E-state index contributed by atoms with van der Waals surface area (Å²) in [7, 11) is 3.05. The van der Waals surface area contributed by atoms with Gasteiger partial charge in [-0.2, -0.15) is 0 Å². The normalized spacial score (nSPS) is 10.7. The van der Waals surface area contributed by atoms with Crippen molar-refractivity contribution in [1.29, 1.82) is 0 Å². The van der Waals surface area contributed by atoms with Crippen LogP contribution in [0.2, 0.25) is 0 Å². The number of hydrogen-bond donors (Lipinski definition) is 1. The van der Waals surface area contributed by atoms with E-state index in [1.165, 1.54) is 26.4 Å². The molecule has 0 fully saturated rings. The summed E-state index contributed by atoms with van der Waals surface area (Å²) in [5, 5.41) is 0. The third kappa shape index (κ3) is 2.82. The van der Waals surface area contributed by atoms with Gasteiger partial charge in [-0.1, -0.05) is 6.07 Å². The van der Waals surface area contributed by atoms with Gasteiger partial charge in [0.05, 0.1) is 14.2 Å². The first-order valence-corrected chi connectivity index (χ1v) is 5.96.